The van der Waals surface area contributed by atoms with Gasteiger partial charge in [-0.05, 0) is 33.4 Å². The molecule has 0 nitrogen and oxygen atoms in total. The Hall–Kier alpha value is -4.38. The first kappa shape index (κ1) is 49.5. The number of benzene rings is 7. The van der Waals surface area contributed by atoms with E-state index in [1.54, 1.807) is 0 Å². The molecule has 7 aromatic carbocycles. The molecule has 0 fully saturated rings. The maximum Gasteiger partial charge on any atom is 0.0649 e. The van der Waals surface area contributed by atoms with Crippen LogP contribution < -0.4 is 0 Å². The fraction of sp³-hybridized carbons (Fsp3) is 0. The standard InChI is InChI=1S/C54H30S12/c55-43(31-19-7-1-8-20-31)49(61)37-38(50(62)44(56)32-21-9-2-10-22-32)40(52(64)46(58)34-25-13-4-14-26-34)42(54(66)48(60)36-29-17-6-18-30-36)41(53(65)47(59)35-27-15-5-16-28-35)39(37)51(63)45(57)33-23-11-3-12-24-33/h1-30H. The van der Waals surface area contributed by atoms with E-state index in [2.05, 4.69) is 0 Å². The molecule has 66 heavy (non-hydrogen) atoms. The van der Waals surface area contributed by atoms with Crippen molar-refractivity contribution < 1.29 is 0 Å². The van der Waals surface area contributed by atoms with E-state index >= 15 is 0 Å². The van der Waals surface area contributed by atoms with Crippen molar-refractivity contribution in [2.45, 2.75) is 0 Å². The van der Waals surface area contributed by atoms with Crippen LogP contribution in [0.4, 0.5) is 0 Å². The summed E-state index contributed by atoms with van der Waals surface area (Å²) in [5.74, 6) is 0. The fourth-order valence-electron chi connectivity index (χ4n) is 7.12. The molecule has 0 saturated carbocycles. The van der Waals surface area contributed by atoms with Crippen molar-refractivity contribution in [2.24, 2.45) is 0 Å². The summed E-state index contributed by atoms with van der Waals surface area (Å²) < 4.78 is 0. The van der Waals surface area contributed by atoms with Crippen molar-refractivity contribution in [3.05, 3.63) is 249 Å². The average molecular weight is 1060 g/mol. The van der Waals surface area contributed by atoms with E-state index in [9.17, 15) is 0 Å². The lowest BCUT2D eigenvalue weighted by atomic mass is 9.76. The second-order valence-electron chi connectivity index (χ2n) is 14.4. The lowest BCUT2D eigenvalue weighted by Gasteiger charge is -2.30. The van der Waals surface area contributed by atoms with E-state index < -0.39 is 0 Å². The zero-order valence-electron chi connectivity index (χ0n) is 34.2. The van der Waals surface area contributed by atoms with E-state index in [0.29, 0.717) is 95.9 Å². The molecule has 318 valence electrons. The Morgan fingerprint density at radius 2 is 0.258 bits per heavy atom. The van der Waals surface area contributed by atoms with Crippen LogP contribution in [0.1, 0.15) is 66.8 Å². The Bertz CT molecular complexity index is 2610. The zero-order chi connectivity index (χ0) is 47.1. The summed E-state index contributed by atoms with van der Waals surface area (Å²) in [7, 11) is 0. The lowest BCUT2D eigenvalue weighted by molar-refractivity contribution is 1.54. The molecule has 0 bridgehead atoms. The van der Waals surface area contributed by atoms with E-state index in [0.717, 1.165) is 0 Å². The van der Waals surface area contributed by atoms with Crippen LogP contribution in [0.25, 0.3) is 0 Å². The van der Waals surface area contributed by atoms with Crippen molar-refractivity contribution in [1.29, 1.82) is 0 Å². The highest BCUT2D eigenvalue weighted by Crippen LogP contribution is 2.38. The number of hydrogen-bond donors (Lipinski definition) is 0. The highest BCUT2D eigenvalue weighted by molar-refractivity contribution is 7.93. The summed E-state index contributed by atoms with van der Waals surface area (Å²) >= 11 is 77.9. The molecular weight excluding hydrogens is 1030 g/mol. The van der Waals surface area contributed by atoms with Gasteiger partial charge in [-0.3, -0.25) is 0 Å². The Morgan fingerprint density at radius 3 is 0.364 bits per heavy atom. The molecule has 0 amide bonds. The predicted molar refractivity (Wildman–Crippen MR) is 325 cm³/mol. The topological polar surface area (TPSA) is 0 Å². The molecule has 0 radical (unpaired) electrons. The van der Waals surface area contributed by atoms with E-state index in [-0.39, 0.29) is 29.2 Å². The van der Waals surface area contributed by atoms with E-state index in [1.165, 1.54) is 0 Å². The second-order valence-corrected chi connectivity index (χ2v) is 19.3. The average Bonchev–Trinajstić information content (AvgIpc) is 3.38. The summed E-state index contributed by atoms with van der Waals surface area (Å²) in [6.07, 6.45) is 0. The third-order valence-corrected chi connectivity index (χ3v) is 16.2. The zero-order valence-corrected chi connectivity index (χ0v) is 44.0. The Labute approximate surface area is 448 Å². The summed E-state index contributed by atoms with van der Waals surface area (Å²) in [6, 6.07) is 56.8. The molecule has 0 aliphatic carbocycles. The summed E-state index contributed by atoms with van der Waals surface area (Å²) in [5.41, 5.74) is 6.11. The molecule has 7 rings (SSSR count). The number of thiocarbonyl (C=S) groups is 12. The van der Waals surface area contributed by atoms with Gasteiger partial charge in [0.25, 0.3) is 0 Å². The van der Waals surface area contributed by atoms with Gasteiger partial charge in [0.05, 0.1) is 58.4 Å². The molecule has 0 unspecified atom stereocenters. The van der Waals surface area contributed by atoms with Gasteiger partial charge in [-0.25, -0.2) is 0 Å². The van der Waals surface area contributed by atoms with E-state index in [4.69, 9.17) is 147 Å². The Morgan fingerprint density at radius 1 is 0.152 bits per heavy atom. The van der Waals surface area contributed by atoms with Crippen LogP contribution in [0, 0.1) is 0 Å². The Kier molecular flexibility index (Phi) is 17.0. The highest BCUT2D eigenvalue weighted by atomic mass is 32.1. The lowest BCUT2D eigenvalue weighted by Crippen LogP contribution is -2.35. The number of rotatable bonds is 18. The third-order valence-electron chi connectivity index (χ3n) is 10.3. The first-order valence-electron chi connectivity index (χ1n) is 19.9. The SMILES string of the molecule is S=C(C(=S)c1c(C(=S)C(=S)c2ccccc2)c(C(=S)C(=S)c2ccccc2)c(C(=S)C(=S)c2ccccc2)c(C(=S)C(=S)c2ccccc2)c1C(=S)C(=S)c1ccccc1)c1ccccc1. The molecule has 0 atom stereocenters. The molecular formula is C54H30S12. The monoisotopic (exact) mass is 1060 g/mol. The fourth-order valence-corrected chi connectivity index (χ4v) is 10.5. The van der Waals surface area contributed by atoms with Crippen molar-refractivity contribution in [3.63, 3.8) is 0 Å². The number of hydrogen-bond acceptors (Lipinski definition) is 12. The first-order chi connectivity index (χ1) is 31.8. The molecule has 7 aromatic rings. The summed E-state index contributed by atoms with van der Waals surface area (Å²) in [5, 5.41) is 0. The maximum absolute atomic E-state index is 6.64. The van der Waals surface area contributed by atoms with Crippen LogP contribution >= 0.6 is 147 Å². The van der Waals surface area contributed by atoms with Crippen LogP contribution in [-0.4, -0.2) is 58.4 Å². The van der Waals surface area contributed by atoms with Crippen LogP contribution in [0.2, 0.25) is 0 Å². The highest BCUT2D eigenvalue weighted by Gasteiger charge is 2.38. The van der Waals surface area contributed by atoms with Gasteiger partial charge < -0.3 is 0 Å². The normalized spacial score (nSPS) is 10.5. The summed E-state index contributed by atoms with van der Waals surface area (Å²) in [6.45, 7) is 0. The minimum Gasteiger partial charge on any atom is -0.0778 e. The van der Waals surface area contributed by atoms with Gasteiger partial charge in [-0.15, -0.1) is 0 Å². The molecule has 0 aliphatic heterocycles. The van der Waals surface area contributed by atoms with Gasteiger partial charge in [-0.1, -0.05) is 329 Å². The van der Waals surface area contributed by atoms with Gasteiger partial charge in [0, 0.05) is 33.4 Å². The quantitative estimate of drug-likeness (QED) is 0.0594. The van der Waals surface area contributed by atoms with Gasteiger partial charge in [-0.2, -0.15) is 0 Å². The van der Waals surface area contributed by atoms with Gasteiger partial charge >= 0.3 is 0 Å². The molecule has 0 aliphatic rings. The summed E-state index contributed by atoms with van der Waals surface area (Å²) in [4.78, 5) is 3.25. The van der Waals surface area contributed by atoms with Crippen LogP contribution in [0.5, 0.6) is 0 Å². The van der Waals surface area contributed by atoms with Crippen molar-refractivity contribution in [1.82, 2.24) is 0 Å². The molecule has 0 saturated heterocycles. The third kappa shape index (κ3) is 10.5. The predicted octanol–water partition coefficient (Wildman–Crippen LogP) is 14.5. The van der Waals surface area contributed by atoms with E-state index in [1.807, 2.05) is 182 Å². The van der Waals surface area contributed by atoms with Gasteiger partial charge in [0.2, 0.25) is 0 Å². The maximum atomic E-state index is 6.64. The first-order valence-corrected chi connectivity index (χ1v) is 24.8. The van der Waals surface area contributed by atoms with Gasteiger partial charge in [0.1, 0.15) is 0 Å². The Balaban J connectivity index is 1.75. The van der Waals surface area contributed by atoms with Crippen molar-refractivity contribution in [3.8, 4) is 0 Å². The largest absolute Gasteiger partial charge is 0.0778 e. The smallest absolute Gasteiger partial charge is 0.0649 e. The van der Waals surface area contributed by atoms with Gasteiger partial charge in [0.15, 0.2) is 0 Å². The molecule has 0 spiro atoms. The van der Waals surface area contributed by atoms with Crippen molar-refractivity contribution in [2.75, 3.05) is 0 Å². The van der Waals surface area contributed by atoms with Crippen LogP contribution in [-0.2, 0) is 0 Å². The second kappa shape index (κ2) is 22.6. The molecule has 0 heterocycles. The minimum absolute atomic E-state index is 0.213. The molecule has 0 aromatic heterocycles. The van der Waals surface area contributed by atoms with Crippen LogP contribution in [0.3, 0.4) is 0 Å². The minimum atomic E-state index is 0.213. The molecule has 12 heteroatoms. The molecule has 0 N–H and O–H groups in total. The van der Waals surface area contributed by atoms with Crippen molar-refractivity contribution >= 4 is 205 Å². The van der Waals surface area contributed by atoms with Crippen LogP contribution in [0.15, 0.2) is 182 Å².